The normalized spacial score (nSPS) is 15.9. The highest BCUT2D eigenvalue weighted by Gasteiger charge is 2.12. The van der Waals surface area contributed by atoms with Gasteiger partial charge in [0.2, 0.25) is 5.91 Å². The van der Waals surface area contributed by atoms with E-state index in [9.17, 15) is 4.79 Å². The van der Waals surface area contributed by atoms with Gasteiger partial charge in [-0.15, -0.1) is 0 Å². The number of carbonyl (C=O) groups excluding carboxylic acids is 1. The first kappa shape index (κ1) is 19.0. The molecular weight excluding hydrogens is 312 g/mol. The first-order chi connectivity index (χ1) is 12.1. The van der Waals surface area contributed by atoms with Crippen molar-refractivity contribution in [3.05, 3.63) is 42.0 Å². The fourth-order valence-corrected chi connectivity index (χ4v) is 2.62. The van der Waals surface area contributed by atoms with Crippen LogP contribution in [-0.4, -0.2) is 24.5 Å². The summed E-state index contributed by atoms with van der Waals surface area (Å²) in [5, 5.41) is 9.73. The molecule has 0 spiro atoms. The van der Waals surface area contributed by atoms with E-state index >= 15 is 0 Å². The summed E-state index contributed by atoms with van der Waals surface area (Å²) in [6.07, 6.45) is 7.32. The quantitative estimate of drug-likeness (QED) is 0.404. The fourth-order valence-electron chi connectivity index (χ4n) is 2.62. The van der Waals surface area contributed by atoms with Gasteiger partial charge in [-0.05, 0) is 43.9 Å². The van der Waals surface area contributed by atoms with Crippen molar-refractivity contribution < 1.29 is 4.79 Å². The summed E-state index contributed by atoms with van der Waals surface area (Å²) in [5.74, 6) is 0.920. The van der Waals surface area contributed by atoms with Gasteiger partial charge in [0.05, 0.1) is 6.54 Å². The molecule has 136 valence electrons. The summed E-state index contributed by atoms with van der Waals surface area (Å²) >= 11 is 0. The Hall–Kier alpha value is -2.30. The smallest absolute Gasteiger partial charge is 0.227 e. The van der Waals surface area contributed by atoms with Gasteiger partial charge in [0, 0.05) is 24.2 Å². The Bertz CT molecular complexity index is 616. The molecule has 1 atom stereocenters. The minimum Gasteiger partial charge on any atom is -0.357 e. The van der Waals surface area contributed by atoms with E-state index in [0.29, 0.717) is 12.6 Å². The van der Waals surface area contributed by atoms with E-state index in [0.717, 1.165) is 43.0 Å². The van der Waals surface area contributed by atoms with Gasteiger partial charge in [0.15, 0.2) is 5.96 Å². The lowest BCUT2D eigenvalue weighted by molar-refractivity contribution is -0.119. The second-order valence-electron chi connectivity index (χ2n) is 6.48. The molecule has 2 rings (SSSR count). The maximum absolute atomic E-state index is 12.0. The molecule has 1 aliphatic carbocycles. The van der Waals surface area contributed by atoms with Crippen LogP contribution in [0.5, 0.6) is 0 Å². The molecule has 0 aliphatic heterocycles. The van der Waals surface area contributed by atoms with Crippen LogP contribution in [0.2, 0.25) is 0 Å². The van der Waals surface area contributed by atoms with Crippen LogP contribution in [0.1, 0.15) is 45.6 Å². The summed E-state index contributed by atoms with van der Waals surface area (Å²) in [5.41, 5.74) is 1.90. The van der Waals surface area contributed by atoms with Gasteiger partial charge in [-0.25, -0.2) is 4.99 Å². The van der Waals surface area contributed by atoms with Crippen molar-refractivity contribution in [3.63, 3.8) is 0 Å². The lowest BCUT2D eigenvalue weighted by Gasteiger charge is -2.16. The SMILES string of the molecule is CCNC(=NCc1cccc(NC(=O)C(C)CC)c1)NC1CC=CC1. The number of hydrogen-bond acceptors (Lipinski definition) is 2. The lowest BCUT2D eigenvalue weighted by atomic mass is 10.1. The first-order valence-electron chi connectivity index (χ1n) is 9.22. The molecule has 25 heavy (non-hydrogen) atoms. The predicted molar refractivity (Wildman–Crippen MR) is 105 cm³/mol. The molecule has 1 aromatic carbocycles. The lowest BCUT2D eigenvalue weighted by Crippen LogP contribution is -2.42. The van der Waals surface area contributed by atoms with Gasteiger partial charge in [0.1, 0.15) is 0 Å². The average molecular weight is 342 g/mol. The number of benzene rings is 1. The van der Waals surface area contributed by atoms with Crippen LogP contribution in [0, 0.1) is 5.92 Å². The van der Waals surface area contributed by atoms with E-state index in [1.165, 1.54) is 0 Å². The fraction of sp³-hybridized carbons (Fsp3) is 0.500. The Morgan fingerprint density at radius 3 is 2.72 bits per heavy atom. The second-order valence-corrected chi connectivity index (χ2v) is 6.48. The van der Waals surface area contributed by atoms with Crippen LogP contribution >= 0.6 is 0 Å². The topological polar surface area (TPSA) is 65.5 Å². The first-order valence-corrected chi connectivity index (χ1v) is 9.22. The van der Waals surface area contributed by atoms with E-state index < -0.39 is 0 Å². The van der Waals surface area contributed by atoms with Crippen molar-refractivity contribution in [1.29, 1.82) is 0 Å². The number of rotatable bonds is 7. The van der Waals surface area contributed by atoms with Gasteiger partial charge < -0.3 is 16.0 Å². The largest absolute Gasteiger partial charge is 0.357 e. The monoisotopic (exact) mass is 342 g/mol. The molecule has 0 fully saturated rings. The zero-order valence-corrected chi connectivity index (χ0v) is 15.5. The Morgan fingerprint density at radius 2 is 2.04 bits per heavy atom. The van der Waals surface area contributed by atoms with Gasteiger partial charge in [0.25, 0.3) is 0 Å². The highest BCUT2D eigenvalue weighted by atomic mass is 16.1. The molecule has 1 aromatic rings. The number of anilines is 1. The number of hydrogen-bond donors (Lipinski definition) is 3. The number of nitrogens with zero attached hydrogens (tertiary/aromatic N) is 1. The standard InChI is InChI=1S/C20H30N4O/c1-4-15(3)19(25)23-18-12-8-9-16(13-18)14-22-20(21-5-2)24-17-10-6-7-11-17/h6-9,12-13,15,17H,4-5,10-11,14H2,1-3H3,(H,23,25)(H2,21,22,24). The van der Waals surface area contributed by atoms with Crippen molar-refractivity contribution in [1.82, 2.24) is 10.6 Å². The Labute approximate surface area is 151 Å². The molecule has 0 saturated heterocycles. The second kappa shape index (κ2) is 9.87. The predicted octanol–water partition coefficient (Wildman–Crippen LogP) is 3.44. The minimum atomic E-state index is 0.0197. The molecule has 5 heteroatoms. The molecule has 3 N–H and O–H groups in total. The highest BCUT2D eigenvalue weighted by molar-refractivity contribution is 5.92. The summed E-state index contributed by atoms with van der Waals surface area (Å²) < 4.78 is 0. The van der Waals surface area contributed by atoms with Crippen molar-refractivity contribution in [2.45, 2.75) is 52.6 Å². The number of carbonyl (C=O) groups is 1. The molecule has 0 aromatic heterocycles. The van der Waals surface area contributed by atoms with Crippen LogP contribution in [0.25, 0.3) is 0 Å². The van der Waals surface area contributed by atoms with Gasteiger partial charge >= 0.3 is 0 Å². The van der Waals surface area contributed by atoms with Crippen LogP contribution in [0.15, 0.2) is 41.4 Å². The van der Waals surface area contributed by atoms with Gasteiger partial charge in [-0.2, -0.15) is 0 Å². The van der Waals surface area contributed by atoms with E-state index in [1.807, 2.05) is 38.1 Å². The number of nitrogens with one attached hydrogen (secondary N) is 3. The molecule has 0 saturated carbocycles. The molecule has 1 unspecified atom stereocenters. The van der Waals surface area contributed by atoms with Crippen LogP contribution in [0.4, 0.5) is 5.69 Å². The van der Waals surface area contributed by atoms with E-state index in [-0.39, 0.29) is 11.8 Å². The molecule has 1 aliphatic rings. The Balaban J connectivity index is 1.97. The third-order valence-corrected chi connectivity index (χ3v) is 4.37. The van der Waals surface area contributed by atoms with Crippen molar-refractivity contribution in [3.8, 4) is 0 Å². The number of aliphatic imine (C=N–C) groups is 1. The van der Waals surface area contributed by atoms with Crippen molar-refractivity contribution in [2.75, 3.05) is 11.9 Å². The summed E-state index contributed by atoms with van der Waals surface area (Å²) in [4.78, 5) is 16.7. The van der Waals surface area contributed by atoms with Crippen LogP contribution < -0.4 is 16.0 Å². The number of amides is 1. The van der Waals surface area contributed by atoms with Gasteiger partial charge in [-0.3, -0.25) is 4.79 Å². The maximum Gasteiger partial charge on any atom is 0.227 e. The highest BCUT2D eigenvalue weighted by Crippen LogP contribution is 2.14. The van der Waals surface area contributed by atoms with Crippen molar-refractivity contribution >= 4 is 17.6 Å². The van der Waals surface area contributed by atoms with Crippen LogP contribution in [0.3, 0.4) is 0 Å². The third kappa shape index (κ3) is 6.25. The zero-order valence-electron chi connectivity index (χ0n) is 15.5. The van der Waals surface area contributed by atoms with E-state index in [2.05, 4.69) is 40.0 Å². The summed E-state index contributed by atoms with van der Waals surface area (Å²) in [6, 6.07) is 8.33. The maximum atomic E-state index is 12.0. The zero-order chi connectivity index (χ0) is 18.1. The Kier molecular flexibility index (Phi) is 7.51. The molecule has 0 radical (unpaired) electrons. The van der Waals surface area contributed by atoms with Gasteiger partial charge in [-0.1, -0.05) is 38.1 Å². The molecule has 5 nitrogen and oxygen atoms in total. The third-order valence-electron chi connectivity index (χ3n) is 4.37. The molecular formula is C20H30N4O. The molecule has 0 bridgehead atoms. The van der Waals surface area contributed by atoms with E-state index in [1.54, 1.807) is 0 Å². The van der Waals surface area contributed by atoms with E-state index in [4.69, 9.17) is 0 Å². The summed E-state index contributed by atoms with van der Waals surface area (Å²) in [7, 11) is 0. The summed E-state index contributed by atoms with van der Waals surface area (Å²) in [6.45, 7) is 7.43. The van der Waals surface area contributed by atoms with Crippen molar-refractivity contribution in [2.24, 2.45) is 10.9 Å². The van der Waals surface area contributed by atoms with Crippen LogP contribution in [-0.2, 0) is 11.3 Å². The number of guanidine groups is 1. The average Bonchev–Trinajstić information content (AvgIpc) is 3.12. The Morgan fingerprint density at radius 1 is 1.28 bits per heavy atom. The minimum absolute atomic E-state index is 0.0197. The molecule has 1 amide bonds. The molecule has 0 heterocycles.